The molecule has 0 fully saturated rings. The molecule has 0 radical (unpaired) electrons. The maximum atomic E-state index is 11.6. The molecule has 0 atom stereocenters. The fourth-order valence-corrected chi connectivity index (χ4v) is 2.87. The van der Waals surface area contributed by atoms with Gasteiger partial charge in [-0.1, -0.05) is 0 Å². The van der Waals surface area contributed by atoms with E-state index in [1.54, 1.807) is 33.3 Å². The number of ether oxygens (including phenoxy) is 3. The van der Waals surface area contributed by atoms with Gasteiger partial charge in [-0.2, -0.15) is 0 Å². The second-order valence-electron chi connectivity index (χ2n) is 4.96. The van der Waals surface area contributed by atoms with Gasteiger partial charge in [-0.25, -0.2) is 4.79 Å². The number of carbonyl (C=O) groups excluding carboxylic acids is 1. The van der Waals surface area contributed by atoms with Crippen LogP contribution in [0, 0.1) is 0 Å². The third-order valence-corrected chi connectivity index (χ3v) is 3.98. The van der Waals surface area contributed by atoms with Crippen LogP contribution in [0.1, 0.15) is 22.8 Å². The Balaban J connectivity index is 2.05. The van der Waals surface area contributed by atoms with Crippen LogP contribution in [0.4, 0.5) is 5.69 Å². The lowest BCUT2D eigenvalue weighted by atomic mass is 10.1. The van der Waals surface area contributed by atoms with Crippen LogP contribution in [0.25, 0.3) is 0 Å². The molecule has 0 aliphatic carbocycles. The number of hydrogen-bond donors (Lipinski definition) is 1. The first-order valence-electron chi connectivity index (χ1n) is 7.50. The largest absolute Gasteiger partial charge is 0.493 e. The molecule has 0 amide bonds. The molecule has 0 heterocycles. The SMILES string of the molecule is CCOC(=O)c1ccc(NCc2cc(Br)c(OC)c(OC)c2)cc1. The first-order chi connectivity index (χ1) is 11.6. The topological polar surface area (TPSA) is 56.8 Å². The number of rotatable bonds is 7. The van der Waals surface area contributed by atoms with E-state index in [0.717, 1.165) is 15.7 Å². The fourth-order valence-electron chi connectivity index (χ4n) is 2.22. The fraction of sp³-hybridized carbons (Fsp3) is 0.278. The molecule has 5 nitrogen and oxygen atoms in total. The van der Waals surface area contributed by atoms with E-state index in [-0.39, 0.29) is 5.97 Å². The molecule has 0 aliphatic heterocycles. The predicted octanol–water partition coefficient (Wildman–Crippen LogP) is 4.26. The first-order valence-corrected chi connectivity index (χ1v) is 8.29. The van der Waals surface area contributed by atoms with Crippen LogP contribution < -0.4 is 14.8 Å². The molecule has 0 aromatic heterocycles. The van der Waals surface area contributed by atoms with Crippen LogP contribution in [0.5, 0.6) is 11.5 Å². The van der Waals surface area contributed by atoms with Crippen LogP contribution in [-0.4, -0.2) is 26.8 Å². The van der Waals surface area contributed by atoms with E-state index >= 15 is 0 Å². The third kappa shape index (κ3) is 4.41. The van der Waals surface area contributed by atoms with E-state index < -0.39 is 0 Å². The van der Waals surface area contributed by atoms with E-state index in [4.69, 9.17) is 14.2 Å². The number of carbonyl (C=O) groups is 1. The van der Waals surface area contributed by atoms with Gasteiger partial charge in [-0.05, 0) is 64.8 Å². The summed E-state index contributed by atoms with van der Waals surface area (Å²) in [6.45, 7) is 2.76. The van der Waals surface area contributed by atoms with E-state index in [9.17, 15) is 4.79 Å². The van der Waals surface area contributed by atoms with Gasteiger partial charge in [0.2, 0.25) is 0 Å². The molecular weight excluding hydrogens is 374 g/mol. The van der Waals surface area contributed by atoms with Gasteiger partial charge in [0.05, 0.1) is 30.9 Å². The number of hydrogen-bond acceptors (Lipinski definition) is 5. The zero-order chi connectivity index (χ0) is 17.5. The lowest BCUT2D eigenvalue weighted by Crippen LogP contribution is -2.05. The van der Waals surface area contributed by atoms with Crippen LogP contribution in [0.3, 0.4) is 0 Å². The van der Waals surface area contributed by atoms with Crippen LogP contribution in [-0.2, 0) is 11.3 Å². The Hall–Kier alpha value is -2.21. The monoisotopic (exact) mass is 393 g/mol. The summed E-state index contributed by atoms with van der Waals surface area (Å²) in [5.74, 6) is 1.02. The normalized spacial score (nSPS) is 10.2. The highest BCUT2D eigenvalue weighted by Gasteiger charge is 2.10. The van der Waals surface area contributed by atoms with E-state index in [1.807, 2.05) is 24.3 Å². The minimum atomic E-state index is -0.312. The van der Waals surface area contributed by atoms with Gasteiger partial charge in [-0.3, -0.25) is 0 Å². The first kappa shape index (κ1) is 18.1. The molecule has 0 aliphatic rings. The van der Waals surface area contributed by atoms with Crippen molar-refractivity contribution in [1.29, 1.82) is 0 Å². The summed E-state index contributed by atoms with van der Waals surface area (Å²) >= 11 is 3.48. The highest BCUT2D eigenvalue weighted by Crippen LogP contribution is 2.36. The van der Waals surface area contributed by atoms with Crippen molar-refractivity contribution in [1.82, 2.24) is 0 Å². The van der Waals surface area contributed by atoms with E-state index in [1.165, 1.54) is 0 Å². The highest BCUT2D eigenvalue weighted by atomic mass is 79.9. The molecule has 2 aromatic carbocycles. The quantitative estimate of drug-likeness (QED) is 0.712. The van der Waals surface area contributed by atoms with Gasteiger partial charge >= 0.3 is 5.97 Å². The smallest absolute Gasteiger partial charge is 0.338 e. The molecule has 2 rings (SSSR count). The summed E-state index contributed by atoms with van der Waals surface area (Å²) in [4.78, 5) is 11.6. The summed E-state index contributed by atoms with van der Waals surface area (Å²) in [7, 11) is 3.21. The van der Waals surface area contributed by atoms with Crippen molar-refractivity contribution in [3.8, 4) is 11.5 Å². The van der Waals surface area contributed by atoms with E-state index in [0.29, 0.717) is 30.2 Å². The second kappa shape index (κ2) is 8.59. The number of esters is 1. The van der Waals surface area contributed by atoms with Crippen molar-refractivity contribution in [3.05, 3.63) is 52.0 Å². The molecule has 128 valence electrons. The van der Waals surface area contributed by atoms with Gasteiger partial charge in [0.15, 0.2) is 11.5 Å². The number of anilines is 1. The predicted molar refractivity (Wildman–Crippen MR) is 97.0 cm³/mol. The molecule has 0 spiro atoms. The van der Waals surface area contributed by atoms with Crippen molar-refractivity contribution in [2.75, 3.05) is 26.1 Å². The second-order valence-corrected chi connectivity index (χ2v) is 5.82. The number of benzene rings is 2. The van der Waals surface area contributed by atoms with Gasteiger partial charge in [0.1, 0.15) is 0 Å². The average molecular weight is 394 g/mol. The molecule has 0 saturated heterocycles. The van der Waals surface area contributed by atoms with Gasteiger partial charge < -0.3 is 19.5 Å². The number of nitrogens with one attached hydrogen (secondary N) is 1. The van der Waals surface area contributed by atoms with Gasteiger partial charge in [0.25, 0.3) is 0 Å². The van der Waals surface area contributed by atoms with Crippen molar-refractivity contribution < 1.29 is 19.0 Å². The summed E-state index contributed by atoms with van der Waals surface area (Å²) in [5, 5.41) is 3.31. The van der Waals surface area contributed by atoms with Crippen molar-refractivity contribution in [3.63, 3.8) is 0 Å². The molecule has 2 aromatic rings. The number of halogens is 1. The molecular formula is C18H20BrNO4. The Bertz CT molecular complexity index is 701. The summed E-state index contributed by atoms with van der Waals surface area (Å²) in [5.41, 5.74) is 2.49. The third-order valence-electron chi connectivity index (χ3n) is 3.39. The summed E-state index contributed by atoms with van der Waals surface area (Å²) in [6, 6.07) is 11.1. The van der Waals surface area contributed by atoms with E-state index in [2.05, 4.69) is 21.2 Å². The Kier molecular flexibility index (Phi) is 6.49. The minimum Gasteiger partial charge on any atom is -0.493 e. The molecule has 0 saturated carbocycles. The Morgan fingerprint density at radius 2 is 1.83 bits per heavy atom. The Labute approximate surface area is 150 Å². The molecule has 1 N–H and O–H groups in total. The Morgan fingerprint density at radius 3 is 2.42 bits per heavy atom. The minimum absolute atomic E-state index is 0.312. The van der Waals surface area contributed by atoms with Crippen LogP contribution in [0.2, 0.25) is 0 Å². The molecule has 24 heavy (non-hydrogen) atoms. The van der Waals surface area contributed by atoms with Crippen molar-refractivity contribution in [2.24, 2.45) is 0 Å². The standard InChI is InChI=1S/C18H20BrNO4/c1-4-24-18(21)13-5-7-14(8-6-13)20-11-12-9-15(19)17(23-3)16(10-12)22-2/h5-10,20H,4,11H2,1-3H3. The zero-order valence-electron chi connectivity index (χ0n) is 13.9. The zero-order valence-corrected chi connectivity index (χ0v) is 15.5. The van der Waals surface area contributed by atoms with Gasteiger partial charge in [0, 0.05) is 12.2 Å². The summed E-state index contributed by atoms with van der Waals surface area (Å²) in [6.07, 6.45) is 0. The van der Waals surface area contributed by atoms with Crippen LogP contribution >= 0.6 is 15.9 Å². The molecule has 6 heteroatoms. The maximum absolute atomic E-state index is 11.6. The van der Waals surface area contributed by atoms with Gasteiger partial charge in [-0.15, -0.1) is 0 Å². The highest BCUT2D eigenvalue weighted by molar-refractivity contribution is 9.10. The van der Waals surface area contributed by atoms with Crippen molar-refractivity contribution >= 4 is 27.6 Å². The summed E-state index contributed by atoms with van der Waals surface area (Å²) < 4.78 is 16.4. The maximum Gasteiger partial charge on any atom is 0.338 e. The number of methoxy groups -OCH3 is 2. The van der Waals surface area contributed by atoms with Crippen molar-refractivity contribution in [2.45, 2.75) is 13.5 Å². The Morgan fingerprint density at radius 1 is 1.12 bits per heavy atom. The van der Waals surface area contributed by atoms with Crippen LogP contribution in [0.15, 0.2) is 40.9 Å². The molecule has 0 unspecified atom stereocenters. The average Bonchev–Trinajstić information content (AvgIpc) is 2.60. The lowest BCUT2D eigenvalue weighted by molar-refractivity contribution is 0.0526. The lowest BCUT2D eigenvalue weighted by Gasteiger charge is -2.13. The molecule has 0 bridgehead atoms.